The summed E-state index contributed by atoms with van der Waals surface area (Å²) in [5.41, 5.74) is 0.823. The number of likely N-dealkylation sites (N-methyl/N-ethyl adjacent to an activating group) is 1. The van der Waals surface area contributed by atoms with Crippen LogP contribution >= 0.6 is 0 Å². The maximum absolute atomic E-state index is 12.5. The first-order valence-corrected chi connectivity index (χ1v) is 7.56. The van der Waals surface area contributed by atoms with E-state index >= 15 is 0 Å². The zero-order chi connectivity index (χ0) is 18.4. The van der Waals surface area contributed by atoms with E-state index in [0.29, 0.717) is 23.4 Å². The van der Waals surface area contributed by atoms with E-state index in [9.17, 15) is 18.0 Å². The topological polar surface area (TPSA) is 57.3 Å². The van der Waals surface area contributed by atoms with Crippen molar-refractivity contribution in [3.63, 3.8) is 0 Å². The van der Waals surface area contributed by atoms with Crippen LogP contribution in [0.4, 0.5) is 18.9 Å². The Balaban J connectivity index is 1.92. The lowest BCUT2D eigenvalue weighted by atomic mass is 10.1. The van der Waals surface area contributed by atoms with Gasteiger partial charge in [-0.25, -0.2) is 0 Å². The summed E-state index contributed by atoms with van der Waals surface area (Å²) in [6, 6.07) is 13.6. The van der Waals surface area contributed by atoms with Crippen LogP contribution in [-0.2, 0) is 17.5 Å². The summed E-state index contributed by atoms with van der Waals surface area (Å²) in [5, 5.41) is 11.7. The number of nitrogens with zero attached hydrogens (tertiary/aromatic N) is 1. The number of halogens is 3. The van der Waals surface area contributed by atoms with Crippen LogP contribution in [0.5, 0.6) is 0 Å². The Hall–Kier alpha value is -2.85. The number of alkyl halides is 3. The van der Waals surface area contributed by atoms with Gasteiger partial charge in [0.05, 0.1) is 23.9 Å². The third-order valence-corrected chi connectivity index (χ3v) is 3.57. The van der Waals surface area contributed by atoms with Gasteiger partial charge in [0.2, 0.25) is 0 Å². The number of nitrogens with one attached hydrogen (secondary N) is 2. The second kappa shape index (κ2) is 7.81. The first-order valence-electron chi connectivity index (χ1n) is 7.56. The Kier molecular flexibility index (Phi) is 5.78. The fourth-order valence-electron chi connectivity index (χ4n) is 2.38. The number of hydrogen-bond acceptors (Lipinski definition) is 2. The molecule has 0 aromatic heterocycles. The molecule has 7 heteroatoms. The molecule has 1 unspecified atom stereocenters. The molecule has 0 aliphatic carbocycles. The summed E-state index contributed by atoms with van der Waals surface area (Å²) in [5.74, 6) is -0.271. The minimum Gasteiger partial charge on any atom is -0.326 e. The van der Waals surface area contributed by atoms with Crippen molar-refractivity contribution in [2.75, 3.05) is 18.9 Å². The number of rotatable bonds is 5. The highest BCUT2D eigenvalue weighted by molar-refractivity contribution is 5.92. The Bertz CT molecular complexity index is 779. The molecule has 0 spiro atoms. The van der Waals surface area contributed by atoms with Crippen LogP contribution in [-0.4, -0.2) is 19.5 Å². The highest BCUT2D eigenvalue weighted by Crippen LogP contribution is 2.28. The number of hydrogen-bond donors (Lipinski definition) is 2. The molecule has 0 saturated carbocycles. The van der Waals surface area contributed by atoms with Crippen molar-refractivity contribution in [2.24, 2.45) is 0 Å². The summed E-state index contributed by atoms with van der Waals surface area (Å²) < 4.78 is 37.6. The van der Waals surface area contributed by atoms with E-state index in [-0.39, 0.29) is 12.5 Å². The standard InChI is InChI=1S/C18H16F3N3O/c1-24(11-13-6-8-15(9-7-13)18(19,20)21)12-17(25)23-16-5-3-2-4-14(16)10-22/h2-9H,11-12H2,1H3,(H,23,25)/p+1. The number of anilines is 1. The van der Waals surface area contributed by atoms with Crippen molar-refractivity contribution < 1.29 is 22.9 Å². The molecule has 0 aliphatic heterocycles. The predicted octanol–water partition coefficient (Wildman–Crippen LogP) is 2.23. The van der Waals surface area contributed by atoms with Crippen molar-refractivity contribution in [1.82, 2.24) is 0 Å². The van der Waals surface area contributed by atoms with E-state index in [0.717, 1.165) is 17.0 Å². The lowest BCUT2D eigenvalue weighted by molar-refractivity contribution is -0.885. The highest BCUT2D eigenvalue weighted by Gasteiger charge is 2.30. The van der Waals surface area contributed by atoms with Crippen molar-refractivity contribution in [2.45, 2.75) is 12.7 Å². The van der Waals surface area contributed by atoms with E-state index in [1.165, 1.54) is 12.1 Å². The van der Waals surface area contributed by atoms with E-state index in [2.05, 4.69) is 5.32 Å². The third-order valence-electron chi connectivity index (χ3n) is 3.57. The molecule has 0 aliphatic rings. The van der Waals surface area contributed by atoms with Gasteiger partial charge in [0.1, 0.15) is 12.6 Å². The van der Waals surface area contributed by atoms with Gasteiger partial charge in [0.15, 0.2) is 6.54 Å². The normalized spacial score (nSPS) is 12.3. The molecule has 0 saturated heterocycles. The number of nitriles is 1. The van der Waals surface area contributed by atoms with Gasteiger partial charge in [-0.3, -0.25) is 4.79 Å². The fraction of sp³-hybridized carbons (Fsp3) is 0.222. The van der Waals surface area contributed by atoms with Gasteiger partial charge >= 0.3 is 6.18 Å². The van der Waals surface area contributed by atoms with Crippen LogP contribution in [0.15, 0.2) is 48.5 Å². The first kappa shape index (κ1) is 18.5. The Labute approximate surface area is 143 Å². The number of quaternary nitrogens is 1. The van der Waals surface area contributed by atoms with E-state index in [1.807, 2.05) is 6.07 Å². The molecule has 0 radical (unpaired) electrons. The second-order valence-electron chi connectivity index (χ2n) is 5.71. The molecule has 2 N–H and O–H groups in total. The van der Waals surface area contributed by atoms with Gasteiger partial charge in [-0.1, -0.05) is 24.3 Å². The minimum atomic E-state index is -4.36. The van der Waals surface area contributed by atoms with Gasteiger partial charge in [0.25, 0.3) is 5.91 Å². The maximum Gasteiger partial charge on any atom is 0.416 e. The molecule has 4 nitrogen and oxygen atoms in total. The molecule has 1 atom stereocenters. The van der Waals surface area contributed by atoms with Crippen molar-refractivity contribution in [3.8, 4) is 6.07 Å². The Morgan fingerprint density at radius 1 is 1.16 bits per heavy atom. The average Bonchev–Trinajstić information content (AvgIpc) is 2.54. The molecule has 1 amide bonds. The van der Waals surface area contributed by atoms with Crippen molar-refractivity contribution in [1.29, 1.82) is 5.26 Å². The van der Waals surface area contributed by atoms with Crippen LogP contribution < -0.4 is 10.2 Å². The summed E-state index contributed by atoms with van der Waals surface area (Å²) in [7, 11) is 1.77. The molecule has 25 heavy (non-hydrogen) atoms. The van der Waals surface area contributed by atoms with Gasteiger partial charge in [-0.15, -0.1) is 0 Å². The quantitative estimate of drug-likeness (QED) is 0.871. The van der Waals surface area contributed by atoms with Crippen molar-refractivity contribution in [3.05, 3.63) is 65.2 Å². The Morgan fingerprint density at radius 2 is 1.80 bits per heavy atom. The molecule has 2 rings (SSSR count). The number of para-hydroxylation sites is 1. The molecular formula is C18H17F3N3O+. The molecule has 2 aromatic rings. The summed E-state index contributed by atoms with van der Waals surface area (Å²) >= 11 is 0. The van der Waals surface area contributed by atoms with E-state index < -0.39 is 11.7 Å². The monoisotopic (exact) mass is 348 g/mol. The summed E-state index contributed by atoms with van der Waals surface area (Å²) in [6.07, 6.45) is -4.36. The number of amides is 1. The number of carbonyl (C=O) groups excluding carboxylic acids is 1. The average molecular weight is 348 g/mol. The maximum atomic E-state index is 12.5. The van der Waals surface area contributed by atoms with Gasteiger partial charge < -0.3 is 10.2 Å². The zero-order valence-corrected chi connectivity index (χ0v) is 13.5. The van der Waals surface area contributed by atoms with Gasteiger partial charge in [-0.2, -0.15) is 18.4 Å². The molecule has 2 aromatic carbocycles. The smallest absolute Gasteiger partial charge is 0.326 e. The molecular weight excluding hydrogens is 331 g/mol. The van der Waals surface area contributed by atoms with Crippen molar-refractivity contribution >= 4 is 11.6 Å². The highest BCUT2D eigenvalue weighted by atomic mass is 19.4. The Morgan fingerprint density at radius 3 is 2.40 bits per heavy atom. The van der Waals surface area contributed by atoms with Crippen LogP contribution in [0.25, 0.3) is 0 Å². The lowest BCUT2D eigenvalue weighted by Gasteiger charge is -2.15. The SMILES string of the molecule is C[NH+](CC(=O)Nc1ccccc1C#N)Cc1ccc(C(F)(F)F)cc1. The van der Waals surface area contributed by atoms with E-state index in [1.54, 1.807) is 31.3 Å². The molecule has 0 heterocycles. The van der Waals surface area contributed by atoms with E-state index in [4.69, 9.17) is 5.26 Å². The molecule has 130 valence electrons. The van der Waals surface area contributed by atoms with Crippen LogP contribution in [0.3, 0.4) is 0 Å². The lowest BCUT2D eigenvalue weighted by Crippen LogP contribution is -3.08. The predicted molar refractivity (Wildman–Crippen MR) is 86.7 cm³/mol. The summed E-state index contributed by atoms with van der Waals surface area (Å²) in [6.45, 7) is 0.534. The minimum absolute atomic E-state index is 0.126. The van der Waals surface area contributed by atoms with Crippen LogP contribution in [0, 0.1) is 11.3 Å². The zero-order valence-electron chi connectivity index (χ0n) is 13.5. The summed E-state index contributed by atoms with van der Waals surface area (Å²) in [4.78, 5) is 12.9. The largest absolute Gasteiger partial charge is 0.416 e. The number of benzene rings is 2. The molecule has 0 bridgehead atoms. The van der Waals surface area contributed by atoms with Gasteiger partial charge in [0, 0.05) is 5.56 Å². The number of carbonyl (C=O) groups is 1. The van der Waals surface area contributed by atoms with Crippen LogP contribution in [0.2, 0.25) is 0 Å². The van der Waals surface area contributed by atoms with Gasteiger partial charge in [-0.05, 0) is 24.3 Å². The fourth-order valence-corrected chi connectivity index (χ4v) is 2.38. The third kappa shape index (κ3) is 5.33. The molecule has 0 fully saturated rings. The first-order chi connectivity index (χ1) is 11.8. The van der Waals surface area contributed by atoms with Crippen LogP contribution in [0.1, 0.15) is 16.7 Å². The second-order valence-corrected chi connectivity index (χ2v) is 5.71.